The average molecular weight is 510 g/mol. The Kier molecular flexibility index (Phi) is 8.69. The Hall–Kier alpha value is -1.87. The summed E-state index contributed by atoms with van der Waals surface area (Å²) in [5.74, 6) is -1.16. The highest BCUT2D eigenvalue weighted by Crippen LogP contribution is 2.44. The van der Waals surface area contributed by atoms with Crippen LogP contribution in [0.5, 0.6) is 5.75 Å². The Labute approximate surface area is 208 Å². The van der Waals surface area contributed by atoms with Gasteiger partial charge in [0.1, 0.15) is 17.4 Å². The Morgan fingerprint density at radius 1 is 1.06 bits per heavy atom. The zero-order valence-electron chi connectivity index (χ0n) is 19.0. The fourth-order valence-electron chi connectivity index (χ4n) is 4.02. The highest BCUT2D eigenvalue weighted by molar-refractivity contribution is 7.95. The average Bonchev–Trinajstić information content (AvgIpc) is 3.61. The highest BCUT2D eigenvalue weighted by Gasteiger charge is 2.29. The van der Waals surface area contributed by atoms with E-state index < -0.39 is 11.7 Å². The van der Waals surface area contributed by atoms with E-state index in [9.17, 15) is 18.7 Å². The van der Waals surface area contributed by atoms with Crippen molar-refractivity contribution in [3.05, 3.63) is 63.7 Å². The van der Waals surface area contributed by atoms with Gasteiger partial charge in [-0.05, 0) is 80.4 Å². The fraction of sp³-hybridized carbons (Fsp3) is 0.480. The third-order valence-electron chi connectivity index (χ3n) is 6.32. The summed E-state index contributed by atoms with van der Waals surface area (Å²) in [5.41, 5.74) is 1.72. The molecule has 2 aliphatic heterocycles. The van der Waals surface area contributed by atoms with Crippen LogP contribution >= 0.6 is 23.7 Å². The summed E-state index contributed by atoms with van der Waals surface area (Å²) >= 11 is 7.20. The Morgan fingerprint density at radius 3 is 2.41 bits per heavy atom. The second-order valence-corrected chi connectivity index (χ2v) is 10.4. The van der Waals surface area contributed by atoms with Crippen LogP contribution in [0.25, 0.3) is 0 Å². The number of carbonyl (C=O) groups excluding carboxylic acids is 1. The summed E-state index contributed by atoms with van der Waals surface area (Å²) in [6, 6.07) is 7.17. The van der Waals surface area contributed by atoms with E-state index >= 15 is 0 Å². The van der Waals surface area contributed by atoms with E-state index in [0.29, 0.717) is 10.6 Å². The molecular formula is C25H30ClF2N3O2S. The number of hydrogen-bond acceptors (Lipinski definition) is 5. The van der Waals surface area contributed by atoms with Gasteiger partial charge in [0.2, 0.25) is 0 Å². The molecule has 3 fully saturated rings. The van der Waals surface area contributed by atoms with Gasteiger partial charge in [0.15, 0.2) is 0 Å². The first-order valence-corrected chi connectivity index (χ1v) is 13.0. The highest BCUT2D eigenvalue weighted by atomic mass is 35.5. The molecule has 1 saturated carbocycles. The van der Waals surface area contributed by atoms with Gasteiger partial charge in [-0.1, -0.05) is 24.1 Å². The Balaban J connectivity index is 0.000000166. The van der Waals surface area contributed by atoms with E-state index in [2.05, 4.69) is 9.62 Å². The van der Waals surface area contributed by atoms with Crippen LogP contribution in [-0.4, -0.2) is 46.4 Å². The van der Waals surface area contributed by atoms with E-state index in [-0.39, 0.29) is 23.0 Å². The van der Waals surface area contributed by atoms with Crippen molar-refractivity contribution in [2.45, 2.75) is 51.0 Å². The molecular weight excluding hydrogens is 480 g/mol. The summed E-state index contributed by atoms with van der Waals surface area (Å²) in [7, 11) is 0. The van der Waals surface area contributed by atoms with Crippen molar-refractivity contribution in [3.8, 4) is 5.75 Å². The van der Waals surface area contributed by atoms with E-state index in [4.69, 9.17) is 11.6 Å². The van der Waals surface area contributed by atoms with Gasteiger partial charge >= 0.3 is 0 Å². The maximum Gasteiger partial charge on any atom is 0.265 e. The molecule has 5 nitrogen and oxygen atoms in total. The minimum absolute atomic E-state index is 0.00715. The molecule has 0 atom stereocenters. The number of likely N-dealkylation sites (tertiary alicyclic amines) is 1. The first kappa shape index (κ1) is 25.2. The standard InChI is InChI=1S/C13H15FN2O2S.C12H15ClFN/c14-11-7-12(17)9(8-2-3-8)6-10(11)13(18)15-19-16-4-1-5-16;13-12-8-11(14)5-4-10(12)9-15-6-2-1-3-7-15/h6-8,17H,1-5H2,(H,15,18);4-5,8H,1-3,6-7,9H2. The summed E-state index contributed by atoms with van der Waals surface area (Å²) in [4.78, 5) is 14.3. The molecule has 5 rings (SSSR count). The zero-order valence-corrected chi connectivity index (χ0v) is 20.6. The molecule has 184 valence electrons. The van der Waals surface area contributed by atoms with Crippen LogP contribution in [0.2, 0.25) is 5.02 Å². The first-order chi connectivity index (χ1) is 16.4. The topological polar surface area (TPSA) is 55.8 Å². The number of nitrogens with one attached hydrogen (secondary N) is 1. The normalized spacial score (nSPS) is 18.6. The predicted molar refractivity (Wildman–Crippen MR) is 132 cm³/mol. The lowest BCUT2D eigenvalue weighted by Crippen LogP contribution is -2.35. The number of phenols is 1. The smallest absolute Gasteiger partial charge is 0.265 e. The molecule has 9 heteroatoms. The van der Waals surface area contributed by atoms with Crippen molar-refractivity contribution in [1.29, 1.82) is 0 Å². The second-order valence-electron chi connectivity index (χ2n) is 9.04. The summed E-state index contributed by atoms with van der Waals surface area (Å²) < 4.78 is 31.2. The zero-order chi connectivity index (χ0) is 24.1. The van der Waals surface area contributed by atoms with Crippen molar-refractivity contribution in [1.82, 2.24) is 13.9 Å². The molecule has 3 aliphatic rings. The number of benzene rings is 2. The molecule has 0 spiro atoms. The Bertz CT molecular complexity index is 1010. The van der Waals surface area contributed by atoms with Gasteiger partial charge in [0.25, 0.3) is 5.91 Å². The molecule has 0 unspecified atom stereocenters. The van der Waals surface area contributed by atoms with Gasteiger partial charge < -0.3 is 5.11 Å². The van der Waals surface area contributed by atoms with Crippen molar-refractivity contribution >= 4 is 29.6 Å². The lowest BCUT2D eigenvalue weighted by molar-refractivity contribution is 0.0978. The molecule has 1 amide bonds. The van der Waals surface area contributed by atoms with Crippen molar-refractivity contribution < 1.29 is 18.7 Å². The first-order valence-electron chi connectivity index (χ1n) is 11.8. The molecule has 1 aliphatic carbocycles. The van der Waals surface area contributed by atoms with Crippen LogP contribution in [0, 0.1) is 11.6 Å². The maximum atomic E-state index is 13.7. The van der Waals surface area contributed by atoms with Gasteiger partial charge in [-0.2, -0.15) is 0 Å². The van der Waals surface area contributed by atoms with Crippen LogP contribution in [0.4, 0.5) is 8.78 Å². The number of amides is 1. The van der Waals surface area contributed by atoms with Gasteiger partial charge in [-0.15, -0.1) is 0 Å². The van der Waals surface area contributed by atoms with E-state index in [1.54, 1.807) is 6.07 Å². The van der Waals surface area contributed by atoms with Crippen LogP contribution in [0.15, 0.2) is 30.3 Å². The molecule has 0 aromatic heterocycles. The number of hydrogen-bond donors (Lipinski definition) is 2. The fourth-order valence-corrected chi connectivity index (χ4v) is 5.01. The summed E-state index contributed by atoms with van der Waals surface area (Å²) in [5, 5.41) is 10.2. The lowest BCUT2D eigenvalue weighted by Gasteiger charge is -2.28. The molecule has 2 saturated heterocycles. The van der Waals surface area contributed by atoms with Crippen LogP contribution in [0.3, 0.4) is 0 Å². The molecule has 34 heavy (non-hydrogen) atoms. The number of nitrogens with zero attached hydrogens (tertiary/aromatic N) is 2. The second kappa shape index (κ2) is 11.7. The number of aromatic hydroxyl groups is 1. The minimum atomic E-state index is -0.677. The van der Waals surface area contributed by atoms with Crippen molar-refractivity contribution in [2.24, 2.45) is 0 Å². The van der Waals surface area contributed by atoms with Crippen LogP contribution < -0.4 is 4.72 Å². The summed E-state index contributed by atoms with van der Waals surface area (Å²) in [6.07, 6.45) is 6.96. The van der Waals surface area contributed by atoms with Gasteiger partial charge in [0.05, 0.1) is 5.56 Å². The molecule has 2 heterocycles. The molecule has 2 N–H and O–H groups in total. The van der Waals surface area contributed by atoms with Gasteiger partial charge in [0, 0.05) is 42.9 Å². The number of halogens is 3. The van der Waals surface area contributed by atoms with Crippen LogP contribution in [0.1, 0.15) is 65.9 Å². The number of phenolic OH excluding ortho intramolecular Hbond substituents is 1. The largest absolute Gasteiger partial charge is 0.508 e. The van der Waals surface area contributed by atoms with E-state index in [1.807, 2.05) is 4.31 Å². The third kappa shape index (κ3) is 6.84. The predicted octanol–water partition coefficient (Wildman–Crippen LogP) is 5.87. The molecule has 2 aromatic rings. The monoisotopic (exact) mass is 509 g/mol. The van der Waals surface area contributed by atoms with Crippen LogP contribution in [-0.2, 0) is 6.54 Å². The van der Waals surface area contributed by atoms with Crippen molar-refractivity contribution in [3.63, 3.8) is 0 Å². The number of piperidine rings is 1. The van der Waals surface area contributed by atoms with E-state index in [1.165, 1.54) is 49.6 Å². The van der Waals surface area contributed by atoms with Gasteiger partial charge in [-0.25, -0.2) is 13.1 Å². The number of carbonyl (C=O) groups is 1. The third-order valence-corrected chi connectivity index (χ3v) is 7.57. The summed E-state index contributed by atoms with van der Waals surface area (Å²) in [6.45, 7) is 4.99. The Morgan fingerprint density at radius 2 is 1.79 bits per heavy atom. The molecule has 0 radical (unpaired) electrons. The van der Waals surface area contributed by atoms with E-state index in [0.717, 1.165) is 63.6 Å². The minimum Gasteiger partial charge on any atom is -0.508 e. The number of rotatable bonds is 6. The molecule has 0 bridgehead atoms. The van der Waals surface area contributed by atoms with Gasteiger partial charge in [-0.3, -0.25) is 14.4 Å². The molecule has 2 aromatic carbocycles. The lowest BCUT2D eigenvalue weighted by atomic mass is 10.0. The SMILES string of the molecule is Fc1ccc(CN2CCCCC2)c(Cl)c1.O=C(NSN1CCC1)c1cc(C2CC2)c(O)cc1F. The van der Waals surface area contributed by atoms with Crippen molar-refractivity contribution in [2.75, 3.05) is 26.2 Å². The maximum absolute atomic E-state index is 13.7. The quantitative estimate of drug-likeness (QED) is 0.477.